The topological polar surface area (TPSA) is 49.0 Å². The number of nitriles is 1. The molecule has 0 spiro atoms. The van der Waals surface area contributed by atoms with Crippen molar-refractivity contribution in [2.75, 3.05) is 0 Å². The molecule has 0 bridgehead atoms. The van der Waals surface area contributed by atoms with E-state index in [1.807, 2.05) is 43.5 Å². The van der Waals surface area contributed by atoms with Gasteiger partial charge < -0.3 is 0 Å². The third-order valence-corrected chi connectivity index (χ3v) is 4.11. The lowest BCUT2D eigenvalue weighted by molar-refractivity contribution is 0.819. The Hall–Kier alpha value is -1.70. The van der Waals surface area contributed by atoms with Crippen molar-refractivity contribution in [2.45, 2.75) is 25.8 Å². The van der Waals surface area contributed by atoms with Crippen LogP contribution in [0.25, 0.3) is 0 Å². The SMILES string of the molecule is Cc1csc([C@@H](C#N)C=N[C@H](C)c2cccc(Cl)c2)n1. The van der Waals surface area contributed by atoms with E-state index in [0.717, 1.165) is 16.3 Å². The van der Waals surface area contributed by atoms with E-state index in [1.165, 1.54) is 11.3 Å². The number of aliphatic imine (C=N–C) groups is 1. The summed E-state index contributed by atoms with van der Waals surface area (Å²) >= 11 is 7.45. The van der Waals surface area contributed by atoms with Crippen LogP contribution in [0, 0.1) is 18.3 Å². The van der Waals surface area contributed by atoms with Crippen molar-refractivity contribution in [3.8, 4) is 6.07 Å². The van der Waals surface area contributed by atoms with Crippen LogP contribution < -0.4 is 0 Å². The summed E-state index contributed by atoms with van der Waals surface area (Å²) in [6.07, 6.45) is 1.67. The van der Waals surface area contributed by atoms with Gasteiger partial charge in [-0.05, 0) is 31.5 Å². The van der Waals surface area contributed by atoms with Crippen LogP contribution in [0.15, 0.2) is 34.6 Å². The number of nitrogens with zero attached hydrogens (tertiary/aromatic N) is 3. The highest BCUT2D eigenvalue weighted by molar-refractivity contribution is 7.09. The minimum atomic E-state index is -0.393. The van der Waals surface area contributed by atoms with Crippen molar-refractivity contribution < 1.29 is 0 Å². The Bertz CT molecular complexity index is 657. The van der Waals surface area contributed by atoms with Crippen LogP contribution in [-0.2, 0) is 0 Å². The molecule has 5 heteroatoms. The molecular formula is C15H14ClN3S. The molecule has 0 aliphatic rings. The largest absolute Gasteiger partial charge is 0.288 e. The van der Waals surface area contributed by atoms with Gasteiger partial charge in [-0.25, -0.2) is 4.98 Å². The van der Waals surface area contributed by atoms with Crippen molar-refractivity contribution in [1.82, 2.24) is 4.98 Å². The van der Waals surface area contributed by atoms with E-state index in [1.54, 1.807) is 6.21 Å². The highest BCUT2D eigenvalue weighted by atomic mass is 35.5. The predicted molar refractivity (Wildman–Crippen MR) is 83.6 cm³/mol. The second-order valence-corrected chi connectivity index (χ2v) is 5.79. The Morgan fingerprint density at radius 1 is 1.50 bits per heavy atom. The Kier molecular flexibility index (Phi) is 4.89. The number of rotatable bonds is 4. The maximum Gasteiger partial charge on any atom is 0.133 e. The van der Waals surface area contributed by atoms with Crippen LogP contribution in [0.4, 0.5) is 0 Å². The fourth-order valence-electron chi connectivity index (χ4n) is 1.74. The Labute approximate surface area is 127 Å². The fraction of sp³-hybridized carbons (Fsp3) is 0.267. The summed E-state index contributed by atoms with van der Waals surface area (Å²) in [6.45, 7) is 3.89. The molecule has 1 aromatic carbocycles. The number of halogens is 1. The second kappa shape index (κ2) is 6.65. The van der Waals surface area contributed by atoms with Crippen LogP contribution in [0.5, 0.6) is 0 Å². The van der Waals surface area contributed by atoms with Crippen LogP contribution >= 0.6 is 22.9 Å². The molecular weight excluding hydrogens is 290 g/mol. The molecule has 0 fully saturated rings. The Balaban J connectivity index is 2.13. The summed E-state index contributed by atoms with van der Waals surface area (Å²) < 4.78 is 0. The van der Waals surface area contributed by atoms with E-state index in [-0.39, 0.29) is 6.04 Å². The van der Waals surface area contributed by atoms with Gasteiger partial charge in [-0.3, -0.25) is 4.99 Å². The summed E-state index contributed by atoms with van der Waals surface area (Å²) in [5.74, 6) is -0.393. The summed E-state index contributed by atoms with van der Waals surface area (Å²) in [5, 5.41) is 12.6. The van der Waals surface area contributed by atoms with Crippen molar-refractivity contribution >= 4 is 29.2 Å². The zero-order chi connectivity index (χ0) is 14.5. The molecule has 0 N–H and O–H groups in total. The van der Waals surface area contributed by atoms with Gasteiger partial charge in [-0.2, -0.15) is 5.26 Å². The summed E-state index contributed by atoms with van der Waals surface area (Å²) in [7, 11) is 0. The Morgan fingerprint density at radius 3 is 2.90 bits per heavy atom. The molecule has 0 unspecified atom stereocenters. The van der Waals surface area contributed by atoms with Crippen molar-refractivity contribution in [3.63, 3.8) is 0 Å². The predicted octanol–water partition coefficient (Wildman–Crippen LogP) is 4.54. The minimum absolute atomic E-state index is 0.0365. The molecule has 102 valence electrons. The first-order valence-corrected chi connectivity index (χ1v) is 7.46. The highest BCUT2D eigenvalue weighted by Crippen LogP contribution is 2.22. The molecule has 0 radical (unpaired) electrons. The van der Waals surface area contributed by atoms with Gasteiger partial charge in [-0.15, -0.1) is 11.3 Å². The quantitative estimate of drug-likeness (QED) is 0.778. The smallest absolute Gasteiger partial charge is 0.133 e. The monoisotopic (exact) mass is 303 g/mol. The van der Waals surface area contributed by atoms with Gasteiger partial charge in [0, 0.05) is 22.3 Å². The molecule has 20 heavy (non-hydrogen) atoms. The standard InChI is InChI=1S/C15H14ClN3S/c1-10-9-20-15(19-10)13(7-17)8-18-11(2)12-4-3-5-14(16)6-12/h3-6,8-9,11,13H,1-2H3/t11-,13+/m1/s1. The fourth-order valence-corrected chi connectivity index (χ4v) is 2.73. The third-order valence-electron chi connectivity index (χ3n) is 2.83. The first kappa shape index (κ1) is 14.7. The summed E-state index contributed by atoms with van der Waals surface area (Å²) in [4.78, 5) is 8.78. The van der Waals surface area contributed by atoms with E-state index >= 15 is 0 Å². The molecule has 2 aromatic rings. The molecule has 0 amide bonds. The lowest BCUT2D eigenvalue weighted by Gasteiger charge is -2.07. The van der Waals surface area contributed by atoms with E-state index in [9.17, 15) is 5.26 Å². The molecule has 1 aromatic heterocycles. The number of hydrogen-bond donors (Lipinski definition) is 0. The van der Waals surface area contributed by atoms with E-state index in [4.69, 9.17) is 11.6 Å². The lowest BCUT2D eigenvalue weighted by Crippen LogP contribution is -1.99. The van der Waals surface area contributed by atoms with Gasteiger partial charge >= 0.3 is 0 Å². The molecule has 0 aliphatic carbocycles. The summed E-state index contributed by atoms with van der Waals surface area (Å²) in [5.41, 5.74) is 1.96. The van der Waals surface area contributed by atoms with Crippen molar-refractivity contribution in [3.05, 3.63) is 50.9 Å². The second-order valence-electron chi connectivity index (χ2n) is 4.46. The number of benzene rings is 1. The normalized spacial score (nSPS) is 14.1. The van der Waals surface area contributed by atoms with Gasteiger partial charge in [0.2, 0.25) is 0 Å². The maximum atomic E-state index is 9.22. The molecule has 2 rings (SSSR count). The molecule has 3 nitrogen and oxygen atoms in total. The zero-order valence-corrected chi connectivity index (χ0v) is 12.8. The van der Waals surface area contributed by atoms with Gasteiger partial charge in [0.25, 0.3) is 0 Å². The third kappa shape index (κ3) is 3.66. The first-order chi connectivity index (χ1) is 9.60. The van der Waals surface area contributed by atoms with Crippen molar-refractivity contribution in [2.24, 2.45) is 4.99 Å². The molecule has 0 saturated carbocycles. The Morgan fingerprint density at radius 2 is 2.30 bits per heavy atom. The van der Waals surface area contributed by atoms with E-state index in [0.29, 0.717) is 5.02 Å². The van der Waals surface area contributed by atoms with Crippen LogP contribution in [-0.4, -0.2) is 11.2 Å². The van der Waals surface area contributed by atoms with Crippen LogP contribution in [0.1, 0.15) is 35.1 Å². The minimum Gasteiger partial charge on any atom is -0.288 e. The first-order valence-electron chi connectivity index (χ1n) is 6.20. The number of aromatic nitrogens is 1. The van der Waals surface area contributed by atoms with Gasteiger partial charge in [-0.1, -0.05) is 23.7 Å². The van der Waals surface area contributed by atoms with E-state index in [2.05, 4.69) is 16.0 Å². The zero-order valence-electron chi connectivity index (χ0n) is 11.2. The maximum absolute atomic E-state index is 9.22. The number of thiazole rings is 1. The average Bonchev–Trinajstić information content (AvgIpc) is 2.86. The summed E-state index contributed by atoms with van der Waals surface area (Å²) in [6, 6.07) is 9.78. The van der Waals surface area contributed by atoms with Crippen LogP contribution in [0.2, 0.25) is 5.02 Å². The van der Waals surface area contributed by atoms with Gasteiger partial charge in [0.1, 0.15) is 10.9 Å². The number of hydrogen-bond acceptors (Lipinski definition) is 4. The molecule has 0 saturated heterocycles. The molecule has 0 aliphatic heterocycles. The van der Waals surface area contributed by atoms with Crippen molar-refractivity contribution in [1.29, 1.82) is 5.26 Å². The van der Waals surface area contributed by atoms with Gasteiger partial charge in [0.05, 0.1) is 12.1 Å². The molecule has 1 heterocycles. The van der Waals surface area contributed by atoms with E-state index < -0.39 is 5.92 Å². The van der Waals surface area contributed by atoms with Crippen LogP contribution in [0.3, 0.4) is 0 Å². The highest BCUT2D eigenvalue weighted by Gasteiger charge is 2.12. The molecule has 2 atom stereocenters. The van der Waals surface area contributed by atoms with Gasteiger partial charge in [0.15, 0.2) is 0 Å². The number of aryl methyl sites for hydroxylation is 1. The average molecular weight is 304 g/mol. The lowest BCUT2D eigenvalue weighted by atomic mass is 10.1.